The SMILES string of the molecule is O=C(O)[C@@H]1CC[C@H](C(=O)NCC2(c3cccc(Br)c3)CCC2)C1. The van der Waals surface area contributed by atoms with Gasteiger partial charge in [0.05, 0.1) is 5.92 Å². The number of halogens is 1. The Hall–Kier alpha value is -1.36. The number of nitrogens with one attached hydrogen (secondary N) is 1. The van der Waals surface area contributed by atoms with Crippen LogP contribution >= 0.6 is 15.9 Å². The molecule has 2 aliphatic rings. The Labute approximate surface area is 144 Å². The molecule has 4 nitrogen and oxygen atoms in total. The fourth-order valence-corrected chi connectivity index (χ4v) is 4.23. The van der Waals surface area contributed by atoms with E-state index in [2.05, 4.69) is 33.4 Å². The van der Waals surface area contributed by atoms with Crippen LogP contribution in [0.25, 0.3) is 0 Å². The summed E-state index contributed by atoms with van der Waals surface area (Å²) in [6, 6.07) is 8.32. The summed E-state index contributed by atoms with van der Waals surface area (Å²) in [4.78, 5) is 23.4. The average molecular weight is 380 g/mol. The summed E-state index contributed by atoms with van der Waals surface area (Å²) in [6.45, 7) is 0.649. The number of carbonyl (C=O) groups excluding carboxylic acids is 1. The molecule has 0 radical (unpaired) electrons. The number of rotatable bonds is 5. The van der Waals surface area contributed by atoms with Crippen LogP contribution in [0.15, 0.2) is 28.7 Å². The molecule has 23 heavy (non-hydrogen) atoms. The fraction of sp³-hybridized carbons (Fsp3) is 0.556. The number of hydrogen-bond acceptors (Lipinski definition) is 2. The molecule has 124 valence electrons. The van der Waals surface area contributed by atoms with Crippen molar-refractivity contribution in [2.24, 2.45) is 11.8 Å². The molecule has 1 amide bonds. The van der Waals surface area contributed by atoms with Crippen molar-refractivity contribution < 1.29 is 14.7 Å². The molecule has 2 atom stereocenters. The molecule has 2 N–H and O–H groups in total. The van der Waals surface area contributed by atoms with Crippen molar-refractivity contribution in [3.63, 3.8) is 0 Å². The Morgan fingerprint density at radius 2 is 2.00 bits per heavy atom. The monoisotopic (exact) mass is 379 g/mol. The van der Waals surface area contributed by atoms with Gasteiger partial charge in [-0.15, -0.1) is 0 Å². The molecule has 0 aromatic heterocycles. The number of carboxylic acid groups (broad SMARTS) is 1. The first kappa shape index (κ1) is 16.5. The van der Waals surface area contributed by atoms with E-state index in [0.29, 0.717) is 25.8 Å². The van der Waals surface area contributed by atoms with Crippen molar-refractivity contribution in [1.29, 1.82) is 0 Å². The standard InChI is InChI=1S/C18H22BrNO3/c19-15-4-1-3-14(10-15)18(7-2-8-18)11-20-16(21)12-5-6-13(9-12)17(22)23/h1,3-4,10,12-13H,2,5-9,11H2,(H,20,21)(H,22,23)/t12-,13+/m0/s1. The highest BCUT2D eigenvalue weighted by molar-refractivity contribution is 9.10. The van der Waals surface area contributed by atoms with Crippen molar-refractivity contribution in [3.8, 4) is 0 Å². The fourth-order valence-electron chi connectivity index (χ4n) is 3.83. The molecule has 1 aromatic carbocycles. The number of benzene rings is 1. The van der Waals surface area contributed by atoms with Gasteiger partial charge in [0.2, 0.25) is 5.91 Å². The number of hydrogen-bond donors (Lipinski definition) is 2. The molecule has 0 unspecified atom stereocenters. The average Bonchev–Trinajstić information content (AvgIpc) is 2.96. The normalized spacial score (nSPS) is 25.6. The first-order valence-electron chi connectivity index (χ1n) is 8.27. The number of carboxylic acids is 1. The van der Waals surface area contributed by atoms with E-state index in [0.717, 1.165) is 17.3 Å². The van der Waals surface area contributed by atoms with Gasteiger partial charge in [-0.25, -0.2) is 0 Å². The third kappa shape index (κ3) is 3.44. The van der Waals surface area contributed by atoms with E-state index in [4.69, 9.17) is 5.11 Å². The van der Waals surface area contributed by atoms with Gasteiger partial charge in [0, 0.05) is 22.4 Å². The highest BCUT2D eigenvalue weighted by atomic mass is 79.9. The van der Waals surface area contributed by atoms with Crippen LogP contribution in [0.1, 0.15) is 44.1 Å². The maximum Gasteiger partial charge on any atom is 0.306 e. The van der Waals surface area contributed by atoms with Gasteiger partial charge in [-0.3, -0.25) is 9.59 Å². The summed E-state index contributed by atoms with van der Waals surface area (Å²) < 4.78 is 1.06. The molecule has 2 saturated carbocycles. The van der Waals surface area contributed by atoms with E-state index in [9.17, 15) is 9.59 Å². The second-order valence-corrected chi connectivity index (χ2v) is 7.82. The molecule has 5 heteroatoms. The second kappa shape index (κ2) is 6.63. The summed E-state index contributed by atoms with van der Waals surface area (Å²) in [7, 11) is 0. The van der Waals surface area contributed by atoms with Gasteiger partial charge in [0.25, 0.3) is 0 Å². The molecule has 1 aromatic rings. The maximum absolute atomic E-state index is 12.4. The maximum atomic E-state index is 12.4. The lowest BCUT2D eigenvalue weighted by atomic mass is 9.64. The number of carbonyl (C=O) groups is 2. The van der Waals surface area contributed by atoms with Crippen molar-refractivity contribution in [2.75, 3.05) is 6.54 Å². The molecule has 2 aliphatic carbocycles. The summed E-state index contributed by atoms with van der Waals surface area (Å²) in [5.41, 5.74) is 1.32. The van der Waals surface area contributed by atoms with Gasteiger partial charge in [-0.2, -0.15) is 0 Å². The Kier molecular flexibility index (Phi) is 4.76. The summed E-state index contributed by atoms with van der Waals surface area (Å²) in [5, 5.41) is 12.2. The molecule has 0 saturated heterocycles. The predicted molar refractivity (Wildman–Crippen MR) is 91.1 cm³/mol. The van der Waals surface area contributed by atoms with Crippen molar-refractivity contribution in [1.82, 2.24) is 5.32 Å². The highest BCUT2D eigenvalue weighted by Gasteiger charge is 2.40. The lowest BCUT2D eigenvalue weighted by molar-refractivity contribution is -0.141. The lowest BCUT2D eigenvalue weighted by Gasteiger charge is -2.43. The molecule has 0 spiro atoms. The topological polar surface area (TPSA) is 66.4 Å². The zero-order valence-electron chi connectivity index (χ0n) is 13.1. The molecular formula is C18H22BrNO3. The van der Waals surface area contributed by atoms with Gasteiger partial charge >= 0.3 is 5.97 Å². The minimum absolute atomic E-state index is 0.0232. The van der Waals surface area contributed by atoms with Crippen LogP contribution in [-0.2, 0) is 15.0 Å². The van der Waals surface area contributed by atoms with E-state index >= 15 is 0 Å². The van der Waals surface area contributed by atoms with Crippen LogP contribution in [-0.4, -0.2) is 23.5 Å². The molecule has 0 aliphatic heterocycles. The second-order valence-electron chi connectivity index (χ2n) is 6.91. The number of aliphatic carboxylic acids is 1. The van der Waals surface area contributed by atoms with Crippen LogP contribution in [0.2, 0.25) is 0 Å². The molecule has 0 heterocycles. The zero-order valence-corrected chi connectivity index (χ0v) is 14.6. The Bertz CT molecular complexity index is 612. The van der Waals surface area contributed by atoms with Gasteiger partial charge < -0.3 is 10.4 Å². The summed E-state index contributed by atoms with van der Waals surface area (Å²) >= 11 is 3.52. The third-order valence-electron chi connectivity index (χ3n) is 5.50. The molecule has 2 fully saturated rings. The Balaban J connectivity index is 1.60. The minimum atomic E-state index is -0.773. The van der Waals surface area contributed by atoms with Gasteiger partial charge in [0.1, 0.15) is 0 Å². The summed E-state index contributed by atoms with van der Waals surface area (Å²) in [6.07, 6.45) is 5.15. The minimum Gasteiger partial charge on any atom is -0.481 e. The number of amides is 1. The quantitative estimate of drug-likeness (QED) is 0.822. The van der Waals surface area contributed by atoms with Crippen LogP contribution in [0.3, 0.4) is 0 Å². The van der Waals surface area contributed by atoms with Crippen molar-refractivity contribution in [2.45, 2.75) is 43.9 Å². The zero-order chi connectivity index (χ0) is 16.4. The van der Waals surface area contributed by atoms with E-state index in [-0.39, 0.29) is 23.2 Å². The van der Waals surface area contributed by atoms with Gasteiger partial charge in [-0.05, 0) is 49.8 Å². The van der Waals surface area contributed by atoms with Gasteiger partial charge in [0.15, 0.2) is 0 Å². The van der Waals surface area contributed by atoms with E-state index < -0.39 is 5.97 Å². The van der Waals surface area contributed by atoms with E-state index in [1.165, 1.54) is 12.0 Å². The lowest BCUT2D eigenvalue weighted by Crippen LogP contribution is -2.46. The van der Waals surface area contributed by atoms with Gasteiger partial charge in [-0.1, -0.05) is 34.5 Å². The first-order chi connectivity index (χ1) is 11.0. The van der Waals surface area contributed by atoms with E-state index in [1.54, 1.807) is 0 Å². The summed E-state index contributed by atoms with van der Waals surface area (Å²) in [5.74, 6) is -1.25. The molecule has 3 rings (SSSR count). The first-order valence-corrected chi connectivity index (χ1v) is 9.06. The predicted octanol–water partition coefficient (Wildman–Crippen LogP) is 3.49. The molecular weight excluding hydrogens is 358 g/mol. The largest absolute Gasteiger partial charge is 0.481 e. The van der Waals surface area contributed by atoms with E-state index in [1.807, 2.05) is 12.1 Å². The Morgan fingerprint density at radius 1 is 1.26 bits per heavy atom. The smallest absolute Gasteiger partial charge is 0.306 e. The van der Waals surface area contributed by atoms with Crippen molar-refractivity contribution >= 4 is 27.8 Å². The van der Waals surface area contributed by atoms with Crippen molar-refractivity contribution in [3.05, 3.63) is 34.3 Å². The van der Waals surface area contributed by atoms with Crippen LogP contribution in [0.5, 0.6) is 0 Å². The third-order valence-corrected chi connectivity index (χ3v) is 5.99. The highest BCUT2D eigenvalue weighted by Crippen LogP contribution is 2.44. The molecule has 0 bridgehead atoms. The Morgan fingerprint density at radius 3 is 2.57 bits per heavy atom. The van der Waals surface area contributed by atoms with Crippen LogP contribution in [0, 0.1) is 11.8 Å². The van der Waals surface area contributed by atoms with Crippen LogP contribution < -0.4 is 5.32 Å². The van der Waals surface area contributed by atoms with Crippen LogP contribution in [0.4, 0.5) is 0 Å².